The van der Waals surface area contributed by atoms with Gasteiger partial charge < -0.3 is 0 Å². The average Bonchev–Trinajstić information content (AvgIpc) is 2.15. The number of aryl methyl sites for hydroxylation is 2. The molecule has 0 fully saturated rings. The van der Waals surface area contributed by atoms with Gasteiger partial charge >= 0.3 is 0 Å². The molecule has 0 aromatic carbocycles. The van der Waals surface area contributed by atoms with Crippen LogP contribution in [0.15, 0.2) is 5.16 Å². The number of nitrogens with zero attached hydrogens (tertiary/aromatic N) is 2. The van der Waals surface area contributed by atoms with Gasteiger partial charge in [-0.25, -0.2) is 9.97 Å². The Morgan fingerprint density at radius 3 is 2.50 bits per heavy atom. The van der Waals surface area contributed by atoms with Crippen LogP contribution in [0.4, 0.5) is 0 Å². The first kappa shape index (κ1) is 11.2. The lowest BCUT2D eigenvalue weighted by Gasteiger charge is -2.08. The predicted molar refractivity (Wildman–Crippen MR) is 57.9 cm³/mol. The molecule has 0 aliphatic carbocycles. The average molecular weight is 210 g/mol. The van der Waals surface area contributed by atoms with Crippen LogP contribution < -0.4 is 0 Å². The number of ketones is 1. The van der Waals surface area contributed by atoms with Crippen LogP contribution in [0.1, 0.15) is 35.6 Å². The number of carbonyl (C=O) groups is 1. The minimum Gasteiger partial charge on any atom is -0.294 e. The van der Waals surface area contributed by atoms with E-state index < -0.39 is 0 Å². The monoisotopic (exact) mass is 210 g/mol. The van der Waals surface area contributed by atoms with Gasteiger partial charge in [-0.1, -0.05) is 18.7 Å². The molecule has 1 aromatic heterocycles. The second-order valence-corrected chi connectivity index (χ2v) is 3.80. The van der Waals surface area contributed by atoms with Crippen LogP contribution in [0.2, 0.25) is 0 Å². The third-order valence-electron chi connectivity index (χ3n) is 2.01. The van der Waals surface area contributed by atoms with Crippen molar-refractivity contribution < 1.29 is 4.79 Å². The fraction of sp³-hybridized carbons (Fsp3) is 0.500. The van der Waals surface area contributed by atoms with Crippen LogP contribution in [0.25, 0.3) is 0 Å². The topological polar surface area (TPSA) is 42.9 Å². The highest BCUT2D eigenvalue weighted by atomic mass is 32.2. The number of aromatic nitrogens is 2. The van der Waals surface area contributed by atoms with Crippen molar-refractivity contribution in [2.75, 3.05) is 6.26 Å². The normalized spacial score (nSPS) is 10.3. The van der Waals surface area contributed by atoms with E-state index in [0.29, 0.717) is 5.56 Å². The zero-order valence-electron chi connectivity index (χ0n) is 8.92. The highest BCUT2D eigenvalue weighted by Crippen LogP contribution is 2.17. The van der Waals surface area contributed by atoms with Gasteiger partial charge in [0.1, 0.15) is 0 Å². The molecule has 3 nitrogen and oxygen atoms in total. The van der Waals surface area contributed by atoms with Gasteiger partial charge in [0.25, 0.3) is 0 Å². The van der Waals surface area contributed by atoms with Crippen molar-refractivity contribution in [2.45, 2.75) is 32.3 Å². The van der Waals surface area contributed by atoms with Crippen molar-refractivity contribution in [3.63, 3.8) is 0 Å². The molecule has 4 heteroatoms. The van der Waals surface area contributed by atoms with E-state index in [1.807, 2.05) is 20.1 Å². The van der Waals surface area contributed by atoms with Gasteiger partial charge in [0, 0.05) is 0 Å². The molecule has 14 heavy (non-hydrogen) atoms. The zero-order valence-corrected chi connectivity index (χ0v) is 9.73. The molecule has 1 aromatic rings. The molecule has 1 heterocycles. The predicted octanol–water partition coefficient (Wildman–Crippen LogP) is 2.27. The van der Waals surface area contributed by atoms with E-state index >= 15 is 0 Å². The van der Waals surface area contributed by atoms with Crippen molar-refractivity contribution in [1.82, 2.24) is 9.97 Å². The van der Waals surface area contributed by atoms with Gasteiger partial charge in [-0.2, -0.15) is 0 Å². The summed E-state index contributed by atoms with van der Waals surface area (Å²) in [7, 11) is 0. The third kappa shape index (κ3) is 2.12. The summed E-state index contributed by atoms with van der Waals surface area (Å²) in [5.74, 6) is 0.0482. The molecule has 0 aliphatic rings. The van der Waals surface area contributed by atoms with Crippen molar-refractivity contribution in [3.8, 4) is 0 Å². The maximum absolute atomic E-state index is 11.4. The largest absolute Gasteiger partial charge is 0.294 e. The van der Waals surface area contributed by atoms with Gasteiger partial charge in [0.15, 0.2) is 10.9 Å². The summed E-state index contributed by atoms with van der Waals surface area (Å²) in [6.45, 7) is 5.42. The molecule has 1 rings (SSSR count). The third-order valence-corrected chi connectivity index (χ3v) is 2.56. The van der Waals surface area contributed by atoms with E-state index in [2.05, 4.69) is 9.97 Å². The van der Waals surface area contributed by atoms with E-state index in [1.54, 1.807) is 6.92 Å². The van der Waals surface area contributed by atoms with Crippen molar-refractivity contribution >= 4 is 17.5 Å². The zero-order chi connectivity index (χ0) is 10.7. The number of thioether (sulfide) groups is 1. The minimum atomic E-state index is 0.0482. The van der Waals surface area contributed by atoms with Crippen molar-refractivity contribution in [2.24, 2.45) is 0 Å². The SMILES string of the molecule is CCc1nc(SC)nc(C)c1C(C)=O. The number of hydrogen-bond donors (Lipinski definition) is 0. The fourth-order valence-corrected chi connectivity index (χ4v) is 1.84. The molecule has 0 radical (unpaired) electrons. The molecule has 0 spiro atoms. The Balaban J connectivity index is 3.34. The standard InChI is InChI=1S/C10H14N2OS/c1-5-8-9(7(3)13)6(2)11-10(12-8)14-4/h5H2,1-4H3. The van der Waals surface area contributed by atoms with E-state index in [4.69, 9.17) is 0 Å². The van der Waals surface area contributed by atoms with E-state index in [9.17, 15) is 4.79 Å². The van der Waals surface area contributed by atoms with Crippen LogP contribution in [0, 0.1) is 6.92 Å². The molecule has 0 saturated heterocycles. The summed E-state index contributed by atoms with van der Waals surface area (Å²) in [6.07, 6.45) is 2.70. The van der Waals surface area contributed by atoms with Gasteiger partial charge in [-0.05, 0) is 26.5 Å². The summed E-state index contributed by atoms with van der Waals surface area (Å²) >= 11 is 1.50. The molecule has 76 valence electrons. The van der Waals surface area contributed by atoms with Crippen LogP contribution in [0.3, 0.4) is 0 Å². The van der Waals surface area contributed by atoms with Crippen LogP contribution in [-0.4, -0.2) is 22.0 Å². The lowest BCUT2D eigenvalue weighted by Crippen LogP contribution is -2.08. The maximum atomic E-state index is 11.4. The Morgan fingerprint density at radius 2 is 2.07 bits per heavy atom. The fourth-order valence-electron chi connectivity index (χ4n) is 1.41. The Bertz CT molecular complexity index is 363. The molecule has 0 atom stereocenters. The number of hydrogen-bond acceptors (Lipinski definition) is 4. The Labute approximate surface area is 88.3 Å². The summed E-state index contributed by atoms with van der Waals surface area (Å²) in [5.41, 5.74) is 2.33. The summed E-state index contributed by atoms with van der Waals surface area (Å²) in [4.78, 5) is 19.9. The summed E-state index contributed by atoms with van der Waals surface area (Å²) < 4.78 is 0. The molecular formula is C10H14N2OS. The Morgan fingerprint density at radius 1 is 1.43 bits per heavy atom. The highest BCUT2D eigenvalue weighted by molar-refractivity contribution is 7.98. The molecular weight excluding hydrogens is 196 g/mol. The quantitative estimate of drug-likeness (QED) is 0.436. The smallest absolute Gasteiger partial charge is 0.187 e. The lowest BCUT2D eigenvalue weighted by molar-refractivity contribution is 0.101. The Kier molecular flexibility index (Phi) is 3.63. The molecule has 0 N–H and O–H groups in total. The van der Waals surface area contributed by atoms with Crippen molar-refractivity contribution in [1.29, 1.82) is 0 Å². The molecule has 0 saturated carbocycles. The molecule has 0 aliphatic heterocycles. The Hall–Kier alpha value is -0.900. The van der Waals surface area contributed by atoms with Gasteiger partial charge in [0.05, 0.1) is 17.0 Å². The second-order valence-electron chi connectivity index (χ2n) is 3.03. The molecule has 0 bridgehead atoms. The second kappa shape index (κ2) is 4.55. The van der Waals surface area contributed by atoms with Crippen LogP contribution in [0.5, 0.6) is 0 Å². The molecule has 0 amide bonds. The molecule has 0 unspecified atom stereocenters. The number of Topliss-reactive ketones (excluding diaryl/α,β-unsaturated/α-hetero) is 1. The lowest BCUT2D eigenvalue weighted by atomic mass is 10.1. The first-order chi connectivity index (χ1) is 6.60. The van der Waals surface area contributed by atoms with Gasteiger partial charge in [-0.3, -0.25) is 4.79 Å². The van der Waals surface area contributed by atoms with E-state index in [-0.39, 0.29) is 5.78 Å². The highest BCUT2D eigenvalue weighted by Gasteiger charge is 2.13. The number of rotatable bonds is 3. The van der Waals surface area contributed by atoms with Crippen molar-refractivity contribution in [3.05, 3.63) is 17.0 Å². The summed E-state index contributed by atoms with van der Waals surface area (Å²) in [6, 6.07) is 0. The van der Waals surface area contributed by atoms with E-state index in [0.717, 1.165) is 23.0 Å². The van der Waals surface area contributed by atoms with Gasteiger partial charge in [-0.15, -0.1) is 0 Å². The van der Waals surface area contributed by atoms with Crippen LogP contribution >= 0.6 is 11.8 Å². The first-order valence-corrected chi connectivity index (χ1v) is 5.75. The maximum Gasteiger partial charge on any atom is 0.187 e. The van der Waals surface area contributed by atoms with E-state index in [1.165, 1.54) is 11.8 Å². The van der Waals surface area contributed by atoms with Gasteiger partial charge in [0.2, 0.25) is 0 Å². The summed E-state index contributed by atoms with van der Waals surface area (Å²) in [5, 5.41) is 0.740. The first-order valence-electron chi connectivity index (χ1n) is 4.52. The minimum absolute atomic E-state index is 0.0482. The van der Waals surface area contributed by atoms with Crippen LogP contribution in [-0.2, 0) is 6.42 Å². The number of carbonyl (C=O) groups excluding carboxylic acids is 1.